The summed E-state index contributed by atoms with van der Waals surface area (Å²) in [5, 5.41) is 2.92. The van der Waals surface area contributed by atoms with E-state index in [1.54, 1.807) is 0 Å². The maximum Gasteiger partial charge on any atom is 0.273 e. The SMILES string of the molecule is CCOc1ccc(CN(Cc2nc(C(=O)N[C@@H](C)CC)co2)[C@@H](C)C(C)C)cc1. The minimum absolute atomic E-state index is 0.111. The first-order chi connectivity index (χ1) is 13.8. The molecule has 0 aliphatic heterocycles. The highest BCUT2D eigenvalue weighted by Gasteiger charge is 2.21. The number of amides is 1. The Bertz CT molecular complexity index is 755. The van der Waals surface area contributed by atoms with Crippen LogP contribution in [0.1, 0.15) is 69.9 Å². The molecular formula is C23H35N3O3. The average Bonchev–Trinajstić information content (AvgIpc) is 3.17. The molecule has 2 rings (SSSR count). The highest BCUT2D eigenvalue weighted by molar-refractivity contribution is 5.92. The van der Waals surface area contributed by atoms with Crippen molar-refractivity contribution in [1.29, 1.82) is 0 Å². The van der Waals surface area contributed by atoms with Crippen molar-refractivity contribution in [2.75, 3.05) is 6.61 Å². The van der Waals surface area contributed by atoms with E-state index in [0.717, 1.165) is 18.7 Å². The van der Waals surface area contributed by atoms with Crippen LogP contribution in [0.4, 0.5) is 0 Å². The van der Waals surface area contributed by atoms with E-state index < -0.39 is 0 Å². The smallest absolute Gasteiger partial charge is 0.273 e. The lowest BCUT2D eigenvalue weighted by atomic mass is 10.0. The lowest BCUT2D eigenvalue weighted by Gasteiger charge is -2.30. The van der Waals surface area contributed by atoms with Gasteiger partial charge >= 0.3 is 0 Å². The Labute approximate surface area is 174 Å². The third-order valence-electron chi connectivity index (χ3n) is 5.27. The molecule has 0 bridgehead atoms. The summed E-state index contributed by atoms with van der Waals surface area (Å²) in [5.41, 5.74) is 1.53. The molecule has 2 aromatic rings. The number of aromatic nitrogens is 1. The fourth-order valence-corrected chi connectivity index (χ4v) is 2.92. The van der Waals surface area contributed by atoms with Crippen LogP contribution in [0.15, 0.2) is 34.9 Å². The molecule has 0 saturated heterocycles. The number of oxazole rings is 1. The van der Waals surface area contributed by atoms with E-state index in [1.807, 2.05) is 32.9 Å². The van der Waals surface area contributed by atoms with Gasteiger partial charge in [-0.15, -0.1) is 0 Å². The van der Waals surface area contributed by atoms with Gasteiger partial charge in [0.1, 0.15) is 12.0 Å². The van der Waals surface area contributed by atoms with Crippen molar-refractivity contribution in [3.05, 3.63) is 47.7 Å². The molecule has 6 heteroatoms. The van der Waals surface area contributed by atoms with Gasteiger partial charge in [0.25, 0.3) is 5.91 Å². The number of hydrogen-bond acceptors (Lipinski definition) is 5. The predicted octanol–water partition coefficient (Wildman–Crippen LogP) is 4.65. The molecule has 1 N–H and O–H groups in total. The van der Waals surface area contributed by atoms with Crippen molar-refractivity contribution in [2.24, 2.45) is 5.92 Å². The van der Waals surface area contributed by atoms with Gasteiger partial charge in [0.15, 0.2) is 5.69 Å². The van der Waals surface area contributed by atoms with E-state index in [-0.39, 0.29) is 11.9 Å². The Balaban J connectivity index is 2.10. The number of rotatable bonds is 11. The van der Waals surface area contributed by atoms with Crippen molar-refractivity contribution in [3.63, 3.8) is 0 Å². The minimum atomic E-state index is -0.190. The zero-order chi connectivity index (χ0) is 21.4. The highest BCUT2D eigenvalue weighted by Crippen LogP contribution is 2.20. The van der Waals surface area contributed by atoms with E-state index in [1.165, 1.54) is 11.8 Å². The lowest BCUT2D eigenvalue weighted by Crippen LogP contribution is -2.36. The maximum absolute atomic E-state index is 12.3. The molecular weight excluding hydrogens is 366 g/mol. The van der Waals surface area contributed by atoms with Gasteiger partial charge in [-0.05, 0) is 50.8 Å². The van der Waals surface area contributed by atoms with Crippen LogP contribution in [0, 0.1) is 5.92 Å². The summed E-state index contributed by atoms with van der Waals surface area (Å²) in [6.07, 6.45) is 2.32. The van der Waals surface area contributed by atoms with Crippen molar-refractivity contribution in [3.8, 4) is 5.75 Å². The third kappa shape index (κ3) is 6.89. The number of carbonyl (C=O) groups is 1. The standard InChI is InChI=1S/C23H35N3O3/c1-7-17(5)24-23(27)21-15-29-22(25-21)14-26(18(6)16(3)4)13-19-9-11-20(12-10-19)28-8-2/h9-12,15-18H,7-8,13-14H2,1-6H3,(H,24,27)/t17-,18-/m0/s1. The molecule has 0 unspecified atom stereocenters. The second-order valence-electron chi connectivity index (χ2n) is 7.88. The molecule has 29 heavy (non-hydrogen) atoms. The quantitative estimate of drug-likeness (QED) is 0.594. The van der Waals surface area contributed by atoms with E-state index in [2.05, 4.69) is 48.1 Å². The van der Waals surface area contributed by atoms with Gasteiger partial charge < -0.3 is 14.5 Å². The van der Waals surface area contributed by atoms with Crippen LogP contribution in [0.25, 0.3) is 0 Å². The van der Waals surface area contributed by atoms with Gasteiger partial charge in [-0.2, -0.15) is 0 Å². The Kier molecular flexibility index (Phi) is 8.70. The Morgan fingerprint density at radius 3 is 2.41 bits per heavy atom. The van der Waals surface area contributed by atoms with Crippen LogP contribution >= 0.6 is 0 Å². The molecule has 0 aliphatic carbocycles. The van der Waals surface area contributed by atoms with E-state index in [0.29, 0.717) is 36.7 Å². The summed E-state index contributed by atoms with van der Waals surface area (Å²) >= 11 is 0. The summed E-state index contributed by atoms with van der Waals surface area (Å²) in [4.78, 5) is 19.0. The Morgan fingerprint density at radius 1 is 1.14 bits per heavy atom. The third-order valence-corrected chi connectivity index (χ3v) is 5.27. The van der Waals surface area contributed by atoms with Gasteiger partial charge in [-0.3, -0.25) is 9.69 Å². The van der Waals surface area contributed by atoms with Crippen molar-refractivity contribution in [1.82, 2.24) is 15.2 Å². The summed E-state index contributed by atoms with van der Waals surface area (Å²) < 4.78 is 11.1. The van der Waals surface area contributed by atoms with Gasteiger partial charge in [-0.25, -0.2) is 4.98 Å². The van der Waals surface area contributed by atoms with Crippen LogP contribution in [0.2, 0.25) is 0 Å². The van der Waals surface area contributed by atoms with Gasteiger partial charge in [0.2, 0.25) is 5.89 Å². The van der Waals surface area contributed by atoms with Crippen LogP contribution in [-0.2, 0) is 13.1 Å². The fourth-order valence-electron chi connectivity index (χ4n) is 2.92. The Morgan fingerprint density at radius 2 is 1.83 bits per heavy atom. The number of ether oxygens (including phenoxy) is 1. The van der Waals surface area contributed by atoms with Gasteiger partial charge in [-0.1, -0.05) is 32.9 Å². The molecule has 1 aromatic carbocycles. The van der Waals surface area contributed by atoms with Crippen LogP contribution in [0.3, 0.4) is 0 Å². The molecule has 1 aromatic heterocycles. The molecule has 0 fully saturated rings. The maximum atomic E-state index is 12.3. The fraction of sp³-hybridized carbons (Fsp3) is 0.565. The predicted molar refractivity (Wildman–Crippen MR) is 115 cm³/mol. The number of carbonyl (C=O) groups excluding carboxylic acids is 1. The first-order valence-electron chi connectivity index (χ1n) is 10.5. The molecule has 6 nitrogen and oxygen atoms in total. The molecule has 0 aliphatic rings. The van der Waals surface area contributed by atoms with Gasteiger partial charge in [0, 0.05) is 18.6 Å². The molecule has 1 amide bonds. The summed E-state index contributed by atoms with van der Waals surface area (Å²) in [7, 11) is 0. The summed E-state index contributed by atoms with van der Waals surface area (Å²) in [5.74, 6) is 1.72. The van der Waals surface area contributed by atoms with Crippen molar-refractivity contribution < 1.29 is 13.9 Å². The molecule has 2 atom stereocenters. The molecule has 1 heterocycles. The lowest BCUT2D eigenvalue weighted by molar-refractivity contribution is 0.0934. The second kappa shape index (κ2) is 11.0. The summed E-state index contributed by atoms with van der Waals surface area (Å²) in [6.45, 7) is 14.6. The number of hydrogen-bond donors (Lipinski definition) is 1. The topological polar surface area (TPSA) is 67.6 Å². The first kappa shape index (κ1) is 22.9. The molecule has 160 valence electrons. The van der Waals surface area contributed by atoms with Crippen molar-refractivity contribution >= 4 is 5.91 Å². The first-order valence-corrected chi connectivity index (χ1v) is 10.5. The molecule has 0 spiro atoms. The van der Waals surface area contributed by atoms with Crippen LogP contribution < -0.4 is 10.1 Å². The molecule has 0 saturated carbocycles. The van der Waals surface area contributed by atoms with Crippen LogP contribution in [0.5, 0.6) is 5.75 Å². The molecule has 0 radical (unpaired) electrons. The largest absolute Gasteiger partial charge is 0.494 e. The minimum Gasteiger partial charge on any atom is -0.494 e. The van der Waals surface area contributed by atoms with E-state index in [4.69, 9.17) is 9.15 Å². The zero-order valence-corrected chi connectivity index (χ0v) is 18.6. The summed E-state index contributed by atoms with van der Waals surface area (Å²) in [6, 6.07) is 8.61. The number of nitrogens with one attached hydrogen (secondary N) is 1. The average molecular weight is 402 g/mol. The number of benzene rings is 1. The monoisotopic (exact) mass is 401 g/mol. The normalized spacial score (nSPS) is 13.5. The highest BCUT2D eigenvalue weighted by atomic mass is 16.5. The number of nitrogens with zero attached hydrogens (tertiary/aromatic N) is 2. The van der Waals surface area contributed by atoms with Crippen molar-refractivity contribution in [2.45, 2.75) is 73.1 Å². The second-order valence-corrected chi connectivity index (χ2v) is 7.88. The Hall–Kier alpha value is -2.34. The van der Waals surface area contributed by atoms with Crippen LogP contribution in [-0.4, -0.2) is 34.5 Å². The van der Waals surface area contributed by atoms with E-state index >= 15 is 0 Å². The van der Waals surface area contributed by atoms with Gasteiger partial charge in [0.05, 0.1) is 13.2 Å². The van der Waals surface area contributed by atoms with E-state index in [9.17, 15) is 4.79 Å². The zero-order valence-electron chi connectivity index (χ0n) is 18.6.